The summed E-state index contributed by atoms with van der Waals surface area (Å²) in [5.74, 6) is 0.967. The van der Waals surface area contributed by atoms with Crippen LogP contribution in [0.3, 0.4) is 0 Å². The number of para-hydroxylation sites is 2. The maximum Gasteiger partial charge on any atom is 0.0604 e. The Bertz CT molecular complexity index is 407. The molecule has 0 atom stereocenters. The van der Waals surface area contributed by atoms with Crippen LogP contribution >= 0.6 is 12.6 Å². The zero-order valence-electron chi connectivity index (χ0n) is 12.4. The van der Waals surface area contributed by atoms with E-state index in [0.717, 1.165) is 25.4 Å². The average Bonchev–Trinajstić information content (AvgIpc) is 2.48. The van der Waals surface area contributed by atoms with Crippen LogP contribution in [-0.2, 0) is 0 Å². The second kappa shape index (κ2) is 6.08. The topological polar surface area (TPSA) is 6.48 Å². The van der Waals surface area contributed by atoms with Gasteiger partial charge in [0.05, 0.1) is 11.4 Å². The summed E-state index contributed by atoms with van der Waals surface area (Å²) in [7, 11) is 2.18. The Kier molecular flexibility index (Phi) is 4.67. The van der Waals surface area contributed by atoms with E-state index in [1.54, 1.807) is 0 Å². The van der Waals surface area contributed by atoms with Crippen LogP contribution in [0.5, 0.6) is 0 Å². The van der Waals surface area contributed by atoms with Gasteiger partial charge < -0.3 is 9.80 Å². The Balaban J connectivity index is 2.25. The average molecular weight is 278 g/mol. The Morgan fingerprint density at radius 3 is 2.32 bits per heavy atom. The summed E-state index contributed by atoms with van der Waals surface area (Å²) in [6, 6.07) is 8.75. The van der Waals surface area contributed by atoms with E-state index in [1.165, 1.54) is 24.2 Å². The largest absolute Gasteiger partial charge is 0.371 e. The molecule has 2 rings (SSSR count). The number of thiol groups is 1. The quantitative estimate of drug-likeness (QED) is 0.821. The van der Waals surface area contributed by atoms with Crippen molar-refractivity contribution in [3.05, 3.63) is 24.3 Å². The van der Waals surface area contributed by atoms with Gasteiger partial charge in [0.2, 0.25) is 0 Å². The normalized spacial score (nSPS) is 15.6. The zero-order chi connectivity index (χ0) is 13.9. The third-order valence-corrected chi connectivity index (χ3v) is 5.37. The predicted molar refractivity (Wildman–Crippen MR) is 88.8 cm³/mol. The van der Waals surface area contributed by atoms with Gasteiger partial charge in [-0.05, 0) is 36.1 Å². The van der Waals surface area contributed by atoms with Gasteiger partial charge in [0, 0.05) is 26.7 Å². The molecule has 2 nitrogen and oxygen atoms in total. The molecule has 1 aliphatic heterocycles. The van der Waals surface area contributed by atoms with E-state index in [4.69, 9.17) is 0 Å². The van der Waals surface area contributed by atoms with Crippen molar-refractivity contribution in [3.8, 4) is 0 Å². The summed E-state index contributed by atoms with van der Waals surface area (Å²) in [6.45, 7) is 7.92. The Hall–Kier alpha value is -0.830. The highest BCUT2D eigenvalue weighted by molar-refractivity contribution is 7.80. The van der Waals surface area contributed by atoms with Gasteiger partial charge in [-0.25, -0.2) is 0 Å². The lowest BCUT2D eigenvalue weighted by atomic mass is 9.83. The molecule has 1 heterocycles. The fraction of sp³-hybridized carbons (Fsp3) is 0.625. The van der Waals surface area contributed by atoms with Crippen molar-refractivity contribution in [2.75, 3.05) is 42.2 Å². The van der Waals surface area contributed by atoms with E-state index < -0.39 is 0 Å². The number of likely N-dealkylation sites (N-methyl/N-ethyl adjacent to an activating group) is 1. The third-order valence-electron chi connectivity index (χ3n) is 4.70. The number of anilines is 2. The van der Waals surface area contributed by atoms with E-state index in [1.807, 2.05) is 0 Å². The van der Waals surface area contributed by atoms with Gasteiger partial charge in [0.1, 0.15) is 0 Å². The lowest BCUT2D eigenvalue weighted by Crippen LogP contribution is -2.45. The van der Waals surface area contributed by atoms with Crippen molar-refractivity contribution in [2.24, 2.45) is 5.41 Å². The van der Waals surface area contributed by atoms with Gasteiger partial charge in [-0.1, -0.05) is 26.0 Å². The maximum atomic E-state index is 4.61. The van der Waals surface area contributed by atoms with E-state index in [9.17, 15) is 0 Å². The number of hydrogen-bond donors (Lipinski definition) is 1. The molecule has 0 aliphatic carbocycles. The first-order valence-electron chi connectivity index (χ1n) is 7.32. The third kappa shape index (κ3) is 2.86. The molecule has 0 saturated carbocycles. The molecule has 0 amide bonds. The Labute approximate surface area is 123 Å². The molecule has 1 aliphatic rings. The molecule has 0 N–H and O–H groups in total. The molecule has 0 aromatic heterocycles. The van der Waals surface area contributed by atoms with E-state index in [0.29, 0.717) is 5.41 Å². The van der Waals surface area contributed by atoms with Crippen molar-refractivity contribution >= 4 is 24.0 Å². The first-order valence-corrected chi connectivity index (χ1v) is 7.95. The van der Waals surface area contributed by atoms with Crippen LogP contribution in [0.15, 0.2) is 24.3 Å². The standard InChI is InChI=1S/C16H26N2S/c1-4-16(5-2,13-19)12-18-11-10-17(3)14-8-6-7-9-15(14)18/h6-9,19H,4-5,10-13H2,1-3H3. The van der Waals surface area contributed by atoms with Crippen LogP contribution in [-0.4, -0.2) is 32.4 Å². The number of rotatable bonds is 5. The predicted octanol–water partition coefficient (Wildman–Crippen LogP) is 3.68. The first kappa shape index (κ1) is 14.6. The second-order valence-electron chi connectivity index (χ2n) is 5.70. The summed E-state index contributed by atoms with van der Waals surface area (Å²) in [5.41, 5.74) is 3.07. The van der Waals surface area contributed by atoms with Crippen molar-refractivity contribution in [1.82, 2.24) is 0 Å². The minimum Gasteiger partial charge on any atom is -0.371 e. The maximum absolute atomic E-state index is 4.61. The summed E-state index contributed by atoms with van der Waals surface area (Å²) < 4.78 is 0. The fourth-order valence-electron chi connectivity index (χ4n) is 2.88. The highest BCUT2D eigenvalue weighted by Gasteiger charge is 2.30. The van der Waals surface area contributed by atoms with Crippen molar-refractivity contribution < 1.29 is 0 Å². The first-order chi connectivity index (χ1) is 9.15. The van der Waals surface area contributed by atoms with E-state index in [-0.39, 0.29) is 0 Å². The molecule has 0 fully saturated rings. The molecule has 1 aromatic rings. The lowest BCUT2D eigenvalue weighted by Gasteiger charge is -2.42. The molecule has 1 aromatic carbocycles. The van der Waals surface area contributed by atoms with Gasteiger partial charge in [-0.2, -0.15) is 12.6 Å². The molecule has 3 heteroatoms. The molecular formula is C16H26N2S. The molecule has 0 saturated heterocycles. The van der Waals surface area contributed by atoms with Crippen LogP contribution in [0.1, 0.15) is 26.7 Å². The van der Waals surface area contributed by atoms with Crippen LogP contribution in [0.4, 0.5) is 11.4 Å². The van der Waals surface area contributed by atoms with Crippen molar-refractivity contribution in [3.63, 3.8) is 0 Å². The number of benzene rings is 1. The molecule has 106 valence electrons. The molecule has 0 bridgehead atoms. The van der Waals surface area contributed by atoms with Crippen molar-refractivity contribution in [2.45, 2.75) is 26.7 Å². The van der Waals surface area contributed by atoms with Crippen LogP contribution < -0.4 is 9.80 Å². The highest BCUT2D eigenvalue weighted by atomic mass is 32.1. The Morgan fingerprint density at radius 2 is 1.74 bits per heavy atom. The SMILES string of the molecule is CCC(CC)(CS)CN1CCN(C)c2ccccc21. The van der Waals surface area contributed by atoms with E-state index >= 15 is 0 Å². The van der Waals surface area contributed by atoms with Gasteiger partial charge in [0.25, 0.3) is 0 Å². The number of nitrogens with zero attached hydrogens (tertiary/aromatic N) is 2. The fourth-order valence-corrected chi connectivity index (χ4v) is 3.43. The van der Waals surface area contributed by atoms with Crippen molar-refractivity contribution in [1.29, 1.82) is 0 Å². The van der Waals surface area contributed by atoms with E-state index in [2.05, 4.69) is 67.6 Å². The Morgan fingerprint density at radius 1 is 1.11 bits per heavy atom. The molecule has 0 radical (unpaired) electrons. The number of hydrogen-bond acceptors (Lipinski definition) is 3. The molecule has 0 unspecified atom stereocenters. The zero-order valence-corrected chi connectivity index (χ0v) is 13.3. The van der Waals surface area contributed by atoms with Gasteiger partial charge in [0.15, 0.2) is 0 Å². The van der Waals surface area contributed by atoms with Gasteiger partial charge in [-0.3, -0.25) is 0 Å². The second-order valence-corrected chi connectivity index (χ2v) is 6.01. The summed E-state index contributed by atoms with van der Waals surface area (Å²) >= 11 is 4.61. The molecule has 0 spiro atoms. The summed E-state index contributed by atoms with van der Waals surface area (Å²) in [4.78, 5) is 4.91. The van der Waals surface area contributed by atoms with Gasteiger partial charge in [-0.15, -0.1) is 0 Å². The number of fused-ring (bicyclic) bond motifs is 1. The highest BCUT2D eigenvalue weighted by Crippen LogP contribution is 2.36. The van der Waals surface area contributed by atoms with Crippen LogP contribution in [0, 0.1) is 5.41 Å². The lowest BCUT2D eigenvalue weighted by molar-refractivity contribution is 0.309. The molecular weight excluding hydrogens is 252 g/mol. The minimum absolute atomic E-state index is 0.339. The smallest absolute Gasteiger partial charge is 0.0604 e. The minimum atomic E-state index is 0.339. The van der Waals surface area contributed by atoms with Crippen LogP contribution in [0.25, 0.3) is 0 Å². The molecule has 19 heavy (non-hydrogen) atoms. The van der Waals surface area contributed by atoms with Gasteiger partial charge >= 0.3 is 0 Å². The summed E-state index contributed by atoms with van der Waals surface area (Å²) in [5, 5.41) is 0. The summed E-state index contributed by atoms with van der Waals surface area (Å²) in [6.07, 6.45) is 2.39. The monoisotopic (exact) mass is 278 g/mol. The van der Waals surface area contributed by atoms with Crippen LogP contribution in [0.2, 0.25) is 0 Å².